The summed E-state index contributed by atoms with van der Waals surface area (Å²) in [5, 5.41) is 3.09. The Morgan fingerprint density at radius 2 is 1.81 bits per heavy atom. The SMILES string of the molecule is CCOc1ccc(C2CC(=O)N2C2(C(=O)Nc3ccc(C)cc3)CCCCC2)cc1OC. The number of hydrogen-bond donors (Lipinski definition) is 1. The highest BCUT2D eigenvalue weighted by Gasteiger charge is 2.54. The Hall–Kier alpha value is -3.02. The van der Waals surface area contributed by atoms with E-state index in [4.69, 9.17) is 9.47 Å². The van der Waals surface area contributed by atoms with Crippen LogP contribution in [0, 0.1) is 6.92 Å². The Morgan fingerprint density at radius 1 is 1.09 bits per heavy atom. The van der Waals surface area contributed by atoms with Gasteiger partial charge in [0.05, 0.1) is 26.2 Å². The molecule has 0 aromatic heterocycles. The highest BCUT2D eigenvalue weighted by Crippen LogP contribution is 2.48. The number of ether oxygens (including phenoxy) is 2. The quantitative estimate of drug-likeness (QED) is 0.619. The zero-order chi connectivity index (χ0) is 22.7. The number of carbonyl (C=O) groups excluding carboxylic acids is 2. The Balaban J connectivity index is 1.64. The van der Waals surface area contributed by atoms with Crippen molar-refractivity contribution in [1.82, 2.24) is 4.90 Å². The number of likely N-dealkylation sites (tertiary alicyclic amines) is 1. The van der Waals surface area contributed by atoms with Crippen molar-refractivity contribution in [2.24, 2.45) is 0 Å². The highest BCUT2D eigenvalue weighted by atomic mass is 16.5. The molecule has 170 valence electrons. The molecule has 1 unspecified atom stereocenters. The standard InChI is InChI=1S/C26H32N2O4/c1-4-32-22-13-10-19(16-23(22)31-3)21-17-24(29)28(21)26(14-6-5-7-15-26)25(30)27-20-11-8-18(2)9-12-20/h8-13,16,21H,4-7,14-15,17H2,1-3H3,(H,27,30). The summed E-state index contributed by atoms with van der Waals surface area (Å²) in [6.07, 6.45) is 4.72. The van der Waals surface area contributed by atoms with Gasteiger partial charge in [0.15, 0.2) is 11.5 Å². The van der Waals surface area contributed by atoms with Gasteiger partial charge in [-0.25, -0.2) is 0 Å². The van der Waals surface area contributed by atoms with Crippen molar-refractivity contribution in [3.63, 3.8) is 0 Å². The van der Waals surface area contributed by atoms with Crippen molar-refractivity contribution in [1.29, 1.82) is 0 Å². The van der Waals surface area contributed by atoms with E-state index in [2.05, 4.69) is 5.32 Å². The zero-order valence-electron chi connectivity index (χ0n) is 19.1. The molecule has 0 radical (unpaired) electrons. The minimum atomic E-state index is -0.824. The molecule has 1 N–H and O–H groups in total. The van der Waals surface area contributed by atoms with Crippen LogP contribution in [0.4, 0.5) is 5.69 Å². The van der Waals surface area contributed by atoms with Gasteiger partial charge in [0.25, 0.3) is 0 Å². The lowest BCUT2D eigenvalue weighted by Gasteiger charge is -2.54. The number of nitrogens with one attached hydrogen (secondary N) is 1. The van der Waals surface area contributed by atoms with Gasteiger partial charge in [-0.1, -0.05) is 43.0 Å². The van der Waals surface area contributed by atoms with E-state index in [1.165, 1.54) is 0 Å². The molecule has 0 bridgehead atoms. The summed E-state index contributed by atoms with van der Waals surface area (Å²) in [5.74, 6) is 1.27. The van der Waals surface area contributed by atoms with Gasteiger partial charge in [0, 0.05) is 5.69 Å². The monoisotopic (exact) mass is 436 g/mol. The molecule has 1 atom stereocenters. The third kappa shape index (κ3) is 4.06. The topological polar surface area (TPSA) is 67.9 Å². The van der Waals surface area contributed by atoms with Crippen molar-refractivity contribution in [3.05, 3.63) is 53.6 Å². The first-order chi connectivity index (χ1) is 15.5. The largest absolute Gasteiger partial charge is 0.493 e. The minimum Gasteiger partial charge on any atom is -0.493 e. The predicted octanol–water partition coefficient (Wildman–Crippen LogP) is 5.02. The van der Waals surface area contributed by atoms with Crippen LogP contribution in [0.3, 0.4) is 0 Å². The summed E-state index contributed by atoms with van der Waals surface area (Å²) < 4.78 is 11.2. The Morgan fingerprint density at radius 3 is 2.44 bits per heavy atom. The average Bonchev–Trinajstić information content (AvgIpc) is 2.80. The molecule has 2 amide bonds. The van der Waals surface area contributed by atoms with Crippen LogP contribution in [0.25, 0.3) is 0 Å². The van der Waals surface area contributed by atoms with Gasteiger partial charge in [-0.3, -0.25) is 9.59 Å². The number of hydrogen-bond acceptors (Lipinski definition) is 4. The molecule has 2 fully saturated rings. The molecule has 1 saturated carbocycles. The van der Waals surface area contributed by atoms with E-state index >= 15 is 0 Å². The van der Waals surface area contributed by atoms with E-state index in [1.54, 1.807) is 7.11 Å². The number of anilines is 1. The zero-order valence-corrected chi connectivity index (χ0v) is 19.1. The molecule has 6 heteroatoms. The molecule has 4 rings (SSSR count). The van der Waals surface area contributed by atoms with Crippen molar-refractivity contribution < 1.29 is 19.1 Å². The lowest BCUT2D eigenvalue weighted by Crippen LogP contribution is -2.65. The van der Waals surface area contributed by atoms with E-state index in [-0.39, 0.29) is 17.9 Å². The third-order valence-corrected chi connectivity index (χ3v) is 6.69. The summed E-state index contributed by atoms with van der Waals surface area (Å²) in [5.41, 5.74) is 2.04. The van der Waals surface area contributed by atoms with Crippen LogP contribution in [0.1, 0.15) is 62.6 Å². The molecule has 32 heavy (non-hydrogen) atoms. The van der Waals surface area contributed by atoms with E-state index in [1.807, 2.05) is 61.2 Å². The third-order valence-electron chi connectivity index (χ3n) is 6.69. The van der Waals surface area contributed by atoms with Crippen LogP contribution >= 0.6 is 0 Å². The molecule has 2 aromatic rings. The van der Waals surface area contributed by atoms with Crippen LogP contribution in [0.5, 0.6) is 11.5 Å². The summed E-state index contributed by atoms with van der Waals surface area (Å²) in [6, 6.07) is 13.4. The van der Waals surface area contributed by atoms with Crippen LogP contribution in [-0.4, -0.2) is 36.0 Å². The number of benzene rings is 2. The van der Waals surface area contributed by atoms with E-state index in [0.717, 1.165) is 36.1 Å². The summed E-state index contributed by atoms with van der Waals surface area (Å²) >= 11 is 0. The molecule has 1 heterocycles. The summed E-state index contributed by atoms with van der Waals surface area (Å²) in [7, 11) is 1.61. The summed E-state index contributed by atoms with van der Waals surface area (Å²) in [6.45, 7) is 4.49. The van der Waals surface area contributed by atoms with E-state index in [9.17, 15) is 9.59 Å². The van der Waals surface area contributed by atoms with E-state index < -0.39 is 5.54 Å². The first kappa shape index (κ1) is 22.2. The van der Waals surface area contributed by atoms with Gasteiger partial charge in [-0.05, 0) is 56.5 Å². The number of β-lactam (4-membered cyclic amide) rings is 1. The second-order valence-corrected chi connectivity index (χ2v) is 8.74. The van der Waals surface area contributed by atoms with Crippen LogP contribution in [0.15, 0.2) is 42.5 Å². The second-order valence-electron chi connectivity index (χ2n) is 8.74. The number of carbonyl (C=O) groups is 2. The van der Waals surface area contributed by atoms with Gasteiger partial charge in [-0.2, -0.15) is 0 Å². The maximum absolute atomic E-state index is 13.6. The molecule has 2 aliphatic rings. The van der Waals surface area contributed by atoms with Gasteiger partial charge in [-0.15, -0.1) is 0 Å². The normalized spacial score (nSPS) is 19.8. The molecule has 2 aromatic carbocycles. The molecule has 1 saturated heterocycles. The second kappa shape index (κ2) is 9.23. The molecule has 0 spiro atoms. The van der Waals surface area contributed by atoms with Crippen LogP contribution < -0.4 is 14.8 Å². The fourth-order valence-electron chi connectivity index (χ4n) is 4.98. The first-order valence-electron chi connectivity index (χ1n) is 11.5. The molecule has 1 aliphatic heterocycles. The molecular weight excluding hydrogens is 404 g/mol. The highest BCUT2D eigenvalue weighted by molar-refractivity contribution is 6.02. The van der Waals surface area contributed by atoms with Crippen LogP contribution in [0.2, 0.25) is 0 Å². The lowest BCUT2D eigenvalue weighted by atomic mass is 9.74. The van der Waals surface area contributed by atoms with Gasteiger partial charge < -0.3 is 19.7 Å². The Kier molecular flexibility index (Phi) is 6.40. The van der Waals surface area contributed by atoms with Crippen LogP contribution in [-0.2, 0) is 9.59 Å². The molecule has 6 nitrogen and oxygen atoms in total. The number of aryl methyl sites for hydroxylation is 1. The number of rotatable bonds is 7. The first-order valence-corrected chi connectivity index (χ1v) is 11.5. The molecular formula is C26H32N2O4. The Bertz CT molecular complexity index is 980. The fourth-order valence-corrected chi connectivity index (χ4v) is 4.98. The maximum Gasteiger partial charge on any atom is 0.250 e. The van der Waals surface area contributed by atoms with Crippen molar-refractivity contribution in [2.45, 2.75) is 64.0 Å². The number of nitrogens with zero attached hydrogens (tertiary/aromatic N) is 1. The summed E-state index contributed by atoms with van der Waals surface area (Å²) in [4.78, 5) is 28.4. The predicted molar refractivity (Wildman–Crippen MR) is 124 cm³/mol. The molecule has 1 aliphatic carbocycles. The van der Waals surface area contributed by atoms with Gasteiger partial charge in [0.1, 0.15) is 5.54 Å². The van der Waals surface area contributed by atoms with Gasteiger partial charge in [0.2, 0.25) is 11.8 Å². The lowest BCUT2D eigenvalue weighted by molar-refractivity contribution is -0.166. The van der Waals surface area contributed by atoms with E-state index in [0.29, 0.717) is 37.4 Å². The number of amides is 2. The van der Waals surface area contributed by atoms with Gasteiger partial charge >= 0.3 is 0 Å². The van der Waals surface area contributed by atoms with Crippen molar-refractivity contribution in [2.75, 3.05) is 19.0 Å². The smallest absolute Gasteiger partial charge is 0.250 e. The Labute approximate surface area is 189 Å². The van der Waals surface area contributed by atoms with Crippen molar-refractivity contribution >= 4 is 17.5 Å². The number of methoxy groups -OCH3 is 1. The average molecular weight is 437 g/mol. The minimum absolute atomic E-state index is 0.0313. The van der Waals surface area contributed by atoms with Crippen molar-refractivity contribution in [3.8, 4) is 11.5 Å². The maximum atomic E-state index is 13.6. The fraction of sp³-hybridized carbons (Fsp3) is 0.462.